The molecule has 0 aliphatic carbocycles. The predicted octanol–water partition coefficient (Wildman–Crippen LogP) is 5.50. The molecule has 0 fully saturated rings. The Morgan fingerprint density at radius 3 is 2.48 bits per heavy atom. The van der Waals surface area contributed by atoms with Crippen molar-refractivity contribution in [2.24, 2.45) is 0 Å². The van der Waals surface area contributed by atoms with Gasteiger partial charge in [0.1, 0.15) is 17.1 Å². The average Bonchev–Trinajstić information content (AvgIpc) is 2.74. The minimum Gasteiger partial charge on any atom is -0.460 e. The molecule has 0 atom stereocenters. The van der Waals surface area contributed by atoms with Gasteiger partial charge in [-0.3, -0.25) is 4.79 Å². The zero-order valence-electron chi connectivity index (χ0n) is 15.6. The summed E-state index contributed by atoms with van der Waals surface area (Å²) in [5, 5.41) is 0.506. The van der Waals surface area contributed by atoms with E-state index < -0.39 is 0 Å². The molecule has 0 aliphatic heterocycles. The highest BCUT2D eigenvalue weighted by molar-refractivity contribution is 5.84. The maximum absolute atomic E-state index is 13.0. The van der Waals surface area contributed by atoms with Crippen LogP contribution in [-0.4, -0.2) is 9.97 Å². The summed E-state index contributed by atoms with van der Waals surface area (Å²) in [5.41, 5.74) is 3.37. The Morgan fingerprint density at radius 2 is 1.66 bits per heavy atom. The summed E-state index contributed by atoms with van der Waals surface area (Å²) in [6.45, 7) is 1.80. The Bertz CT molecular complexity index is 1410. The van der Waals surface area contributed by atoms with Crippen molar-refractivity contribution in [1.82, 2.24) is 9.97 Å². The van der Waals surface area contributed by atoms with Crippen molar-refractivity contribution in [2.45, 2.75) is 6.92 Å². The number of hydrogen-bond donors (Lipinski definition) is 0. The van der Waals surface area contributed by atoms with Crippen molar-refractivity contribution in [3.05, 3.63) is 95.0 Å². The number of aryl methyl sites for hydroxylation is 1. The molecular formula is C24H16N2O3. The van der Waals surface area contributed by atoms with E-state index in [1.807, 2.05) is 54.6 Å². The average molecular weight is 380 g/mol. The van der Waals surface area contributed by atoms with E-state index in [2.05, 4.69) is 9.97 Å². The van der Waals surface area contributed by atoms with E-state index in [0.29, 0.717) is 33.9 Å². The Balaban J connectivity index is 1.56. The van der Waals surface area contributed by atoms with Gasteiger partial charge in [-0.05, 0) is 36.8 Å². The van der Waals surface area contributed by atoms with Crippen molar-refractivity contribution < 1.29 is 9.15 Å². The molecule has 0 N–H and O–H groups in total. The highest BCUT2D eigenvalue weighted by Gasteiger charge is 2.14. The van der Waals surface area contributed by atoms with E-state index in [1.54, 1.807) is 31.3 Å². The van der Waals surface area contributed by atoms with Gasteiger partial charge in [0.15, 0.2) is 0 Å². The summed E-state index contributed by atoms with van der Waals surface area (Å²) in [6, 6.07) is 22.3. The van der Waals surface area contributed by atoms with E-state index in [9.17, 15) is 4.79 Å². The molecular weight excluding hydrogens is 364 g/mol. The first-order valence-corrected chi connectivity index (χ1v) is 9.21. The molecule has 2 heterocycles. The van der Waals surface area contributed by atoms with Crippen LogP contribution >= 0.6 is 0 Å². The molecule has 29 heavy (non-hydrogen) atoms. The predicted molar refractivity (Wildman–Crippen MR) is 112 cm³/mol. The van der Waals surface area contributed by atoms with Crippen molar-refractivity contribution >= 4 is 22.0 Å². The number of fused-ring (bicyclic) bond motifs is 2. The molecule has 5 rings (SSSR count). The van der Waals surface area contributed by atoms with Crippen LogP contribution in [0.2, 0.25) is 0 Å². The molecule has 2 aromatic heterocycles. The lowest BCUT2D eigenvalue weighted by Crippen LogP contribution is -2.07. The quantitative estimate of drug-likeness (QED) is 0.413. The third kappa shape index (κ3) is 3.12. The maximum atomic E-state index is 13.0. The van der Waals surface area contributed by atoms with Crippen LogP contribution < -0.4 is 10.2 Å². The molecule has 5 aromatic rings. The van der Waals surface area contributed by atoms with Crippen LogP contribution in [0.3, 0.4) is 0 Å². The van der Waals surface area contributed by atoms with Gasteiger partial charge in [-0.1, -0.05) is 42.5 Å². The highest BCUT2D eigenvalue weighted by Crippen LogP contribution is 2.28. The first-order valence-electron chi connectivity index (χ1n) is 9.21. The van der Waals surface area contributed by atoms with Crippen LogP contribution in [0.5, 0.6) is 11.6 Å². The van der Waals surface area contributed by atoms with Crippen LogP contribution in [-0.2, 0) is 0 Å². The molecule has 0 spiro atoms. The molecule has 5 heteroatoms. The molecule has 0 bridgehead atoms. The van der Waals surface area contributed by atoms with Crippen LogP contribution in [0.15, 0.2) is 88.2 Å². The fourth-order valence-corrected chi connectivity index (χ4v) is 3.40. The van der Waals surface area contributed by atoms with Gasteiger partial charge in [-0.15, -0.1) is 0 Å². The number of benzene rings is 3. The summed E-state index contributed by atoms with van der Waals surface area (Å²) >= 11 is 0. The Morgan fingerprint density at radius 1 is 0.897 bits per heavy atom. The van der Waals surface area contributed by atoms with Gasteiger partial charge in [-0.25, -0.2) is 9.97 Å². The fourth-order valence-electron chi connectivity index (χ4n) is 3.40. The maximum Gasteiger partial charge on any atom is 0.238 e. The van der Waals surface area contributed by atoms with E-state index in [4.69, 9.17) is 9.15 Å². The van der Waals surface area contributed by atoms with Crippen LogP contribution in [0, 0.1) is 6.92 Å². The largest absolute Gasteiger partial charge is 0.460 e. The Kier molecular flexibility index (Phi) is 4.06. The molecule has 0 radical (unpaired) electrons. The van der Waals surface area contributed by atoms with Crippen LogP contribution in [0.4, 0.5) is 0 Å². The second-order valence-electron chi connectivity index (χ2n) is 6.69. The number of nitrogens with zero attached hydrogens (tertiary/aromatic N) is 2. The van der Waals surface area contributed by atoms with Crippen molar-refractivity contribution in [3.63, 3.8) is 0 Å². The summed E-state index contributed by atoms with van der Waals surface area (Å²) in [5.74, 6) is 1.47. The third-order valence-electron chi connectivity index (χ3n) is 4.75. The summed E-state index contributed by atoms with van der Waals surface area (Å²) in [4.78, 5) is 21.9. The summed E-state index contributed by atoms with van der Waals surface area (Å²) < 4.78 is 11.8. The van der Waals surface area contributed by atoms with Gasteiger partial charge in [0.25, 0.3) is 0 Å². The summed E-state index contributed by atoms with van der Waals surface area (Å²) in [7, 11) is 0. The van der Waals surface area contributed by atoms with E-state index in [1.165, 1.54) is 0 Å². The first kappa shape index (κ1) is 17.1. The number of ether oxygens (including phenoxy) is 1. The molecule has 0 unspecified atom stereocenters. The third-order valence-corrected chi connectivity index (χ3v) is 4.75. The van der Waals surface area contributed by atoms with Gasteiger partial charge in [0, 0.05) is 6.07 Å². The van der Waals surface area contributed by atoms with Crippen LogP contribution in [0.25, 0.3) is 33.1 Å². The van der Waals surface area contributed by atoms with Gasteiger partial charge in [0.05, 0.1) is 28.2 Å². The van der Waals surface area contributed by atoms with E-state index >= 15 is 0 Å². The lowest BCUT2D eigenvalue weighted by atomic mass is 10.0. The molecule has 0 saturated heterocycles. The van der Waals surface area contributed by atoms with E-state index in [0.717, 1.165) is 16.6 Å². The lowest BCUT2D eigenvalue weighted by molar-refractivity contribution is 0.461. The second-order valence-corrected chi connectivity index (χ2v) is 6.69. The van der Waals surface area contributed by atoms with Crippen molar-refractivity contribution in [1.29, 1.82) is 0 Å². The molecule has 0 aliphatic rings. The normalized spacial score (nSPS) is 11.1. The van der Waals surface area contributed by atoms with Gasteiger partial charge < -0.3 is 9.15 Å². The standard InChI is InChI=1S/C24H16N2O3/c1-15-23(16-7-3-2-4-8-16)24(27)18-12-11-17(13-21(18)28-15)29-22-14-25-19-9-5-6-10-20(19)26-22/h2-14H,1H3. The van der Waals surface area contributed by atoms with Crippen molar-refractivity contribution in [2.75, 3.05) is 0 Å². The molecule has 5 nitrogen and oxygen atoms in total. The minimum absolute atomic E-state index is 0.0630. The molecule has 140 valence electrons. The monoisotopic (exact) mass is 380 g/mol. The number of para-hydroxylation sites is 2. The van der Waals surface area contributed by atoms with Gasteiger partial charge in [0.2, 0.25) is 11.3 Å². The Hall–Kier alpha value is -3.99. The van der Waals surface area contributed by atoms with Gasteiger partial charge in [-0.2, -0.15) is 0 Å². The SMILES string of the molecule is Cc1oc2cc(Oc3cnc4ccccc4n3)ccc2c(=O)c1-c1ccccc1. The zero-order chi connectivity index (χ0) is 19.8. The molecule has 3 aromatic carbocycles. The highest BCUT2D eigenvalue weighted by atomic mass is 16.5. The smallest absolute Gasteiger partial charge is 0.238 e. The summed E-state index contributed by atoms with van der Waals surface area (Å²) in [6.07, 6.45) is 1.58. The first-order chi connectivity index (χ1) is 14.2. The number of aromatic nitrogens is 2. The van der Waals surface area contributed by atoms with E-state index in [-0.39, 0.29) is 5.43 Å². The van der Waals surface area contributed by atoms with Crippen molar-refractivity contribution in [3.8, 4) is 22.8 Å². The molecule has 0 amide bonds. The lowest BCUT2D eigenvalue weighted by Gasteiger charge is -2.09. The number of rotatable bonds is 3. The topological polar surface area (TPSA) is 65.2 Å². The Labute approximate surface area is 166 Å². The fraction of sp³-hybridized carbons (Fsp3) is 0.0417. The minimum atomic E-state index is -0.0630. The molecule has 0 saturated carbocycles. The van der Waals surface area contributed by atoms with Gasteiger partial charge >= 0.3 is 0 Å². The number of hydrogen-bond acceptors (Lipinski definition) is 5. The second kappa shape index (κ2) is 6.87. The zero-order valence-corrected chi connectivity index (χ0v) is 15.6. The van der Waals surface area contributed by atoms with Crippen LogP contribution in [0.1, 0.15) is 5.76 Å².